The van der Waals surface area contributed by atoms with E-state index in [1.165, 1.54) is 12.1 Å². The zero-order chi connectivity index (χ0) is 15.3. The molecule has 0 aliphatic rings. The Hall–Kier alpha value is -2.66. The predicted molar refractivity (Wildman–Crippen MR) is 62.7 cm³/mol. The van der Waals surface area contributed by atoms with E-state index in [-0.39, 0.29) is 0 Å². The molecule has 108 valence electrons. The molecule has 0 saturated heterocycles. The fourth-order valence-corrected chi connectivity index (χ4v) is 1.25. The first-order chi connectivity index (χ1) is 9.39. The minimum Gasteiger partial charge on any atom is -0.594 e. The Morgan fingerprint density at radius 3 is 2.10 bits per heavy atom. The fourth-order valence-electron chi connectivity index (χ4n) is 1.25. The second-order valence-corrected chi connectivity index (χ2v) is 3.67. The van der Waals surface area contributed by atoms with Gasteiger partial charge >= 0.3 is 11.4 Å². The number of nitro groups is 2. The molecule has 2 N–H and O–H groups in total. The lowest BCUT2D eigenvalue weighted by Gasteiger charge is -2.16. The smallest absolute Gasteiger partial charge is 0.483 e. The maximum absolute atomic E-state index is 11.7. The number of aliphatic hydroxyl groups excluding tert-OH is 2. The maximum Gasteiger partial charge on any atom is 0.483 e. The van der Waals surface area contributed by atoms with E-state index in [1.54, 1.807) is 0 Å². The third-order valence-corrected chi connectivity index (χ3v) is 2.48. The average Bonchev–Trinajstić information content (AvgIpc) is 2.40. The summed E-state index contributed by atoms with van der Waals surface area (Å²) in [5.74, 6) is 0. The van der Waals surface area contributed by atoms with Crippen molar-refractivity contribution in [3.63, 3.8) is 0 Å². The molecule has 1 aromatic carbocycles. The Labute approximate surface area is 111 Å². The first-order valence-corrected chi connectivity index (χ1v) is 5.17. The molecule has 0 aliphatic carbocycles. The van der Waals surface area contributed by atoms with Gasteiger partial charge in [0.25, 0.3) is 0 Å². The molecular weight excluding hydrogens is 276 g/mol. The maximum atomic E-state index is 11.7. The molecule has 0 saturated carbocycles. The quantitative estimate of drug-likeness (QED) is 0.247. The lowest BCUT2D eigenvalue weighted by atomic mass is 10.2. The zero-order valence-electron chi connectivity index (χ0n) is 9.95. The van der Waals surface area contributed by atoms with Crippen molar-refractivity contribution in [2.45, 2.75) is 5.66 Å². The van der Waals surface area contributed by atoms with Gasteiger partial charge in [0.1, 0.15) is 4.92 Å². The standard InChI is InChI=1S/C9H10N4O7/c14-5-9(6-15,13(19)20)12(18)10-7-3-1-2-4-8(7)11(16)17/h1-4,14-15H,5-6H2. The van der Waals surface area contributed by atoms with Crippen LogP contribution in [0.2, 0.25) is 0 Å². The highest BCUT2D eigenvalue weighted by Crippen LogP contribution is 2.27. The molecule has 0 amide bonds. The molecule has 0 heterocycles. The molecule has 0 aliphatic heterocycles. The van der Waals surface area contributed by atoms with Crippen molar-refractivity contribution < 1.29 is 24.9 Å². The first kappa shape index (κ1) is 15.4. The second kappa shape index (κ2) is 5.99. The summed E-state index contributed by atoms with van der Waals surface area (Å²) in [6.07, 6.45) is 0. The minimum atomic E-state index is -2.80. The number of aliphatic hydroxyl groups is 2. The van der Waals surface area contributed by atoms with Crippen LogP contribution in [-0.4, -0.2) is 43.8 Å². The molecule has 0 radical (unpaired) electrons. The van der Waals surface area contributed by atoms with Gasteiger partial charge in [-0.05, 0) is 10.9 Å². The van der Waals surface area contributed by atoms with Crippen molar-refractivity contribution in [1.82, 2.24) is 0 Å². The number of hydrogen-bond acceptors (Lipinski definition) is 8. The molecule has 0 unspecified atom stereocenters. The Bertz CT molecular complexity index is 555. The van der Waals surface area contributed by atoms with Crippen LogP contribution in [0, 0.1) is 25.4 Å². The summed E-state index contributed by atoms with van der Waals surface area (Å²) in [4.78, 5) is 18.9. The van der Waals surface area contributed by atoms with Crippen molar-refractivity contribution in [3.05, 3.63) is 49.7 Å². The third-order valence-electron chi connectivity index (χ3n) is 2.48. The summed E-state index contributed by atoms with van der Waals surface area (Å²) in [7, 11) is 0. The van der Waals surface area contributed by atoms with E-state index in [2.05, 4.69) is 5.11 Å². The van der Waals surface area contributed by atoms with Crippen LogP contribution in [-0.2, 0) is 0 Å². The van der Waals surface area contributed by atoms with Crippen LogP contribution >= 0.6 is 0 Å². The van der Waals surface area contributed by atoms with Gasteiger partial charge in [-0.15, -0.1) is 0 Å². The van der Waals surface area contributed by atoms with Gasteiger partial charge in [0.2, 0.25) is 5.69 Å². The van der Waals surface area contributed by atoms with Gasteiger partial charge in [0, 0.05) is 11.2 Å². The average molecular weight is 286 g/mol. The molecule has 0 atom stereocenters. The Morgan fingerprint density at radius 1 is 1.10 bits per heavy atom. The van der Waals surface area contributed by atoms with E-state index in [1.807, 2.05) is 0 Å². The van der Waals surface area contributed by atoms with E-state index in [0.29, 0.717) is 0 Å². The normalized spacial score (nSPS) is 12.2. The van der Waals surface area contributed by atoms with E-state index in [9.17, 15) is 25.4 Å². The monoisotopic (exact) mass is 286 g/mol. The summed E-state index contributed by atoms with van der Waals surface area (Å²) in [6.45, 7) is -2.63. The molecule has 1 aromatic rings. The van der Waals surface area contributed by atoms with Crippen LogP contribution in [0.4, 0.5) is 11.4 Å². The highest BCUT2D eigenvalue weighted by Gasteiger charge is 2.53. The number of nitrogens with zero attached hydrogens (tertiary/aromatic N) is 4. The summed E-state index contributed by atoms with van der Waals surface area (Å²) in [5, 5.41) is 54.2. The molecule has 0 aromatic heterocycles. The molecule has 11 nitrogen and oxygen atoms in total. The Morgan fingerprint density at radius 2 is 1.65 bits per heavy atom. The van der Waals surface area contributed by atoms with Crippen LogP contribution in [0.15, 0.2) is 29.4 Å². The number of benzene rings is 1. The van der Waals surface area contributed by atoms with Crippen molar-refractivity contribution in [1.29, 1.82) is 0 Å². The Kier molecular flexibility index (Phi) is 4.61. The van der Waals surface area contributed by atoms with E-state index < -0.39 is 45.0 Å². The van der Waals surface area contributed by atoms with Gasteiger partial charge < -0.3 is 15.4 Å². The van der Waals surface area contributed by atoms with Crippen LogP contribution < -0.4 is 0 Å². The highest BCUT2D eigenvalue weighted by atomic mass is 16.7. The van der Waals surface area contributed by atoms with Gasteiger partial charge in [0.15, 0.2) is 13.2 Å². The number of para-hydroxylation sites is 1. The van der Waals surface area contributed by atoms with Gasteiger partial charge in [-0.1, -0.05) is 12.1 Å². The third kappa shape index (κ3) is 2.67. The number of hydroxylamine groups is 1. The van der Waals surface area contributed by atoms with Gasteiger partial charge in [-0.2, -0.15) is 0 Å². The fraction of sp³-hybridized carbons (Fsp3) is 0.333. The van der Waals surface area contributed by atoms with Crippen LogP contribution in [0.1, 0.15) is 0 Å². The SMILES string of the molecule is O=[N+]([O-])c1ccccc1N=[N+]([O-])C(CO)(CO)[N+](=O)[O-]. The van der Waals surface area contributed by atoms with Crippen LogP contribution in [0.5, 0.6) is 0 Å². The highest BCUT2D eigenvalue weighted by molar-refractivity contribution is 5.55. The van der Waals surface area contributed by atoms with E-state index in [0.717, 1.165) is 12.1 Å². The van der Waals surface area contributed by atoms with Crippen LogP contribution in [0.25, 0.3) is 0 Å². The summed E-state index contributed by atoms with van der Waals surface area (Å²) >= 11 is 0. The number of hydrogen-bond donors (Lipinski definition) is 2. The molecular formula is C9H10N4O7. The number of nitro benzene ring substituents is 1. The van der Waals surface area contributed by atoms with Gasteiger partial charge in [0.05, 0.1) is 4.92 Å². The van der Waals surface area contributed by atoms with Gasteiger partial charge in [-0.3, -0.25) is 20.2 Å². The van der Waals surface area contributed by atoms with E-state index in [4.69, 9.17) is 10.2 Å². The predicted octanol–water partition coefficient (Wildman–Crippen LogP) is 0.146. The first-order valence-electron chi connectivity index (χ1n) is 5.17. The van der Waals surface area contributed by atoms with Gasteiger partial charge in [-0.25, -0.2) is 0 Å². The van der Waals surface area contributed by atoms with Crippen molar-refractivity contribution in [2.75, 3.05) is 13.2 Å². The molecule has 0 bridgehead atoms. The van der Waals surface area contributed by atoms with Crippen molar-refractivity contribution in [2.24, 2.45) is 5.11 Å². The summed E-state index contributed by atoms with van der Waals surface area (Å²) < 4.78 is 0. The molecule has 20 heavy (non-hydrogen) atoms. The largest absolute Gasteiger partial charge is 0.594 e. The topological polar surface area (TPSA) is 165 Å². The summed E-state index contributed by atoms with van der Waals surface area (Å²) in [5.41, 5.74) is -3.77. The zero-order valence-corrected chi connectivity index (χ0v) is 9.95. The van der Waals surface area contributed by atoms with Crippen LogP contribution in [0.3, 0.4) is 0 Å². The molecule has 0 fully saturated rings. The number of azo groups is 1. The van der Waals surface area contributed by atoms with Crippen molar-refractivity contribution >= 4 is 11.4 Å². The minimum absolute atomic E-state index is 0.430. The molecule has 11 heteroatoms. The van der Waals surface area contributed by atoms with E-state index >= 15 is 0 Å². The second-order valence-electron chi connectivity index (χ2n) is 3.67. The van der Waals surface area contributed by atoms with Crippen molar-refractivity contribution in [3.8, 4) is 0 Å². The Balaban J connectivity index is 3.36. The lowest BCUT2D eigenvalue weighted by Crippen LogP contribution is -2.53. The molecule has 1 rings (SSSR count). The molecule has 0 spiro atoms. The summed E-state index contributed by atoms with van der Waals surface area (Å²) in [6, 6.07) is 4.82. The number of rotatable bonds is 6. The lowest BCUT2D eigenvalue weighted by molar-refractivity contribution is -0.817.